The van der Waals surface area contributed by atoms with Gasteiger partial charge in [0.15, 0.2) is 0 Å². The van der Waals surface area contributed by atoms with Crippen LogP contribution in [0.5, 0.6) is 0 Å². The van der Waals surface area contributed by atoms with Gasteiger partial charge in [-0.1, -0.05) is 25.1 Å². The molecule has 0 aliphatic carbocycles. The maximum Gasteiger partial charge on any atom is 0.122 e. The molecule has 3 heteroatoms. The van der Waals surface area contributed by atoms with Gasteiger partial charge in [0, 0.05) is 6.42 Å². The van der Waals surface area contributed by atoms with Gasteiger partial charge in [0.25, 0.3) is 0 Å². The maximum atomic E-state index is 5.80. The fourth-order valence-corrected chi connectivity index (χ4v) is 2.39. The maximum absolute atomic E-state index is 5.80. The topological polar surface area (TPSA) is 51.2 Å². The summed E-state index contributed by atoms with van der Waals surface area (Å²) in [5.41, 5.74) is 6.79. The summed E-state index contributed by atoms with van der Waals surface area (Å²) in [6.45, 7) is 6.35. The van der Waals surface area contributed by atoms with E-state index in [0.717, 1.165) is 24.4 Å². The number of nitrogens with one attached hydrogen (secondary N) is 1. The first-order valence-electron chi connectivity index (χ1n) is 6.75. The molecule has 2 aromatic rings. The van der Waals surface area contributed by atoms with E-state index < -0.39 is 0 Å². The number of nitrogens with two attached hydrogens (primary N) is 1. The Morgan fingerprint density at radius 1 is 1.16 bits per heavy atom. The lowest BCUT2D eigenvalue weighted by atomic mass is 9.96. The van der Waals surface area contributed by atoms with Crippen LogP contribution in [0.4, 0.5) is 0 Å². The zero-order valence-electron chi connectivity index (χ0n) is 11.9. The minimum atomic E-state index is 0.0140. The highest BCUT2D eigenvalue weighted by Gasteiger charge is 2.16. The fraction of sp³-hybridized carbons (Fsp3) is 0.375. The summed E-state index contributed by atoms with van der Waals surface area (Å²) in [7, 11) is 0. The second-order valence-electron chi connectivity index (χ2n) is 4.95. The van der Waals surface area contributed by atoms with Crippen molar-refractivity contribution >= 4 is 0 Å². The highest BCUT2D eigenvalue weighted by molar-refractivity contribution is 5.34. The second kappa shape index (κ2) is 6.04. The molecule has 0 bridgehead atoms. The zero-order chi connectivity index (χ0) is 13.8. The predicted octanol–water partition coefficient (Wildman–Crippen LogP) is 3.21. The van der Waals surface area contributed by atoms with E-state index in [1.807, 2.05) is 12.1 Å². The Labute approximate surface area is 114 Å². The van der Waals surface area contributed by atoms with E-state index in [9.17, 15) is 0 Å². The Hall–Kier alpha value is -1.58. The first kappa shape index (κ1) is 13.8. The van der Waals surface area contributed by atoms with E-state index in [4.69, 9.17) is 10.3 Å². The number of hydrogen-bond acceptors (Lipinski definition) is 3. The van der Waals surface area contributed by atoms with Gasteiger partial charge in [0.2, 0.25) is 0 Å². The van der Waals surface area contributed by atoms with Crippen LogP contribution in [0.3, 0.4) is 0 Å². The molecule has 0 fully saturated rings. The number of aryl methyl sites for hydroxylation is 3. The van der Waals surface area contributed by atoms with Crippen LogP contribution >= 0.6 is 0 Å². The molecule has 3 N–H and O–H groups in total. The number of benzene rings is 1. The lowest BCUT2D eigenvalue weighted by Gasteiger charge is -2.17. The molecule has 0 saturated carbocycles. The molecule has 0 aliphatic rings. The average Bonchev–Trinajstić information content (AvgIpc) is 2.87. The van der Waals surface area contributed by atoms with Gasteiger partial charge in [-0.3, -0.25) is 5.84 Å². The molecule has 3 nitrogen and oxygen atoms in total. The number of hydrazine groups is 1. The van der Waals surface area contributed by atoms with Crippen LogP contribution in [-0.4, -0.2) is 0 Å². The summed E-state index contributed by atoms with van der Waals surface area (Å²) in [6.07, 6.45) is 1.74. The predicted molar refractivity (Wildman–Crippen MR) is 77.8 cm³/mol. The minimum Gasteiger partial charge on any atom is -0.464 e. The molecule has 0 amide bonds. The molecule has 0 spiro atoms. The molecular formula is C16H22N2O. The lowest BCUT2D eigenvalue weighted by Crippen LogP contribution is -2.29. The van der Waals surface area contributed by atoms with Gasteiger partial charge in [0.1, 0.15) is 11.5 Å². The lowest BCUT2D eigenvalue weighted by molar-refractivity contribution is 0.395. The van der Waals surface area contributed by atoms with Crippen LogP contribution in [0.1, 0.15) is 41.2 Å². The third-order valence-corrected chi connectivity index (χ3v) is 3.63. The van der Waals surface area contributed by atoms with Gasteiger partial charge in [-0.15, -0.1) is 0 Å². The Morgan fingerprint density at radius 2 is 1.84 bits per heavy atom. The third-order valence-electron chi connectivity index (χ3n) is 3.63. The van der Waals surface area contributed by atoms with Gasteiger partial charge >= 0.3 is 0 Å². The Bertz CT molecular complexity index is 525. The molecule has 0 saturated heterocycles. The molecule has 2 rings (SSSR count). The van der Waals surface area contributed by atoms with Crippen molar-refractivity contribution in [1.82, 2.24) is 5.43 Å². The van der Waals surface area contributed by atoms with Gasteiger partial charge in [-0.05, 0) is 49.1 Å². The molecule has 102 valence electrons. The van der Waals surface area contributed by atoms with E-state index in [-0.39, 0.29) is 6.04 Å². The average molecular weight is 258 g/mol. The second-order valence-corrected chi connectivity index (χ2v) is 4.95. The quantitative estimate of drug-likeness (QED) is 0.639. The molecule has 0 aliphatic heterocycles. The van der Waals surface area contributed by atoms with Crippen molar-refractivity contribution in [3.8, 4) is 0 Å². The van der Waals surface area contributed by atoms with Crippen LogP contribution in [-0.2, 0) is 12.8 Å². The summed E-state index contributed by atoms with van der Waals surface area (Å²) in [4.78, 5) is 0. The minimum absolute atomic E-state index is 0.0140. The third kappa shape index (κ3) is 3.06. The van der Waals surface area contributed by atoms with Gasteiger partial charge in [-0.2, -0.15) is 0 Å². The van der Waals surface area contributed by atoms with Crippen molar-refractivity contribution in [3.05, 3.63) is 58.5 Å². The molecule has 1 heterocycles. The van der Waals surface area contributed by atoms with Crippen molar-refractivity contribution in [2.75, 3.05) is 0 Å². The summed E-state index contributed by atoms with van der Waals surface area (Å²) in [5, 5.41) is 0. The molecule has 1 unspecified atom stereocenters. The molecule has 1 atom stereocenters. The first-order chi connectivity index (χ1) is 9.15. The Balaban J connectivity index is 2.24. The monoisotopic (exact) mass is 258 g/mol. The normalized spacial score (nSPS) is 12.6. The highest BCUT2D eigenvalue weighted by atomic mass is 16.3. The van der Waals surface area contributed by atoms with E-state index in [1.54, 1.807) is 0 Å². The SMILES string of the molecule is CCc1ccc(C(Cc2c(C)cccc2C)NN)o1. The van der Waals surface area contributed by atoms with Gasteiger partial charge < -0.3 is 4.42 Å². The van der Waals surface area contributed by atoms with Crippen molar-refractivity contribution in [2.45, 2.75) is 39.7 Å². The smallest absolute Gasteiger partial charge is 0.122 e. The largest absolute Gasteiger partial charge is 0.464 e. The van der Waals surface area contributed by atoms with Crippen LogP contribution < -0.4 is 11.3 Å². The highest BCUT2D eigenvalue weighted by Crippen LogP contribution is 2.24. The molecule has 0 radical (unpaired) electrons. The number of rotatable bonds is 5. The van der Waals surface area contributed by atoms with E-state index in [1.165, 1.54) is 16.7 Å². The van der Waals surface area contributed by atoms with E-state index >= 15 is 0 Å². The van der Waals surface area contributed by atoms with Crippen LogP contribution in [0.2, 0.25) is 0 Å². The van der Waals surface area contributed by atoms with Gasteiger partial charge in [-0.25, -0.2) is 5.43 Å². The standard InChI is InChI=1S/C16H22N2O/c1-4-13-8-9-16(19-13)15(18-17)10-14-11(2)6-5-7-12(14)3/h5-9,15,18H,4,10,17H2,1-3H3. The Kier molecular flexibility index (Phi) is 4.40. The van der Waals surface area contributed by atoms with Gasteiger partial charge in [0.05, 0.1) is 6.04 Å². The first-order valence-corrected chi connectivity index (χ1v) is 6.75. The summed E-state index contributed by atoms with van der Waals surface area (Å²) in [5.74, 6) is 7.60. The summed E-state index contributed by atoms with van der Waals surface area (Å²) in [6, 6.07) is 10.4. The number of hydrogen-bond donors (Lipinski definition) is 2. The fourth-order valence-electron chi connectivity index (χ4n) is 2.39. The van der Waals surface area contributed by atoms with Crippen LogP contribution in [0.25, 0.3) is 0 Å². The zero-order valence-corrected chi connectivity index (χ0v) is 11.9. The van der Waals surface area contributed by atoms with Crippen molar-refractivity contribution in [2.24, 2.45) is 5.84 Å². The molecule has 1 aromatic carbocycles. The van der Waals surface area contributed by atoms with E-state index in [0.29, 0.717) is 0 Å². The summed E-state index contributed by atoms with van der Waals surface area (Å²) < 4.78 is 5.80. The van der Waals surface area contributed by atoms with Crippen molar-refractivity contribution < 1.29 is 4.42 Å². The molecule has 1 aromatic heterocycles. The van der Waals surface area contributed by atoms with Crippen molar-refractivity contribution in [3.63, 3.8) is 0 Å². The van der Waals surface area contributed by atoms with Crippen LogP contribution in [0.15, 0.2) is 34.7 Å². The molecule has 19 heavy (non-hydrogen) atoms. The molecular weight excluding hydrogens is 236 g/mol. The van der Waals surface area contributed by atoms with E-state index in [2.05, 4.69) is 44.4 Å². The van der Waals surface area contributed by atoms with Crippen molar-refractivity contribution in [1.29, 1.82) is 0 Å². The summed E-state index contributed by atoms with van der Waals surface area (Å²) >= 11 is 0. The number of furan rings is 1. The Morgan fingerprint density at radius 3 is 2.37 bits per heavy atom. The van der Waals surface area contributed by atoms with Crippen LogP contribution in [0, 0.1) is 13.8 Å².